The first kappa shape index (κ1) is 8.84. The Labute approximate surface area is 60.5 Å². The fourth-order valence-corrected chi connectivity index (χ4v) is 0.374. The van der Waals surface area contributed by atoms with Gasteiger partial charge in [-0.15, -0.1) is 0 Å². The first-order chi connectivity index (χ1) is 4.93. The summed E-state index contributed by atoms with van der Waals surface area (Å²) in [7, 11) is 0. The summed E-state index contributed by atoms with van der Waals surface area (Å²) in [6.45, 7) is 4.00. The van der Waals surface area contributed by atoms with E-state index in [4.69, 9.17) is 5.84 Å². The second-order valence-corrected chi connectivity index (χ2v) is 1.23. The van der Waals surface area contributed by atoms with Crippen LogP contribution in [0.25, 0.3) is 0 Å². The molecule has 0 atom stereocenters. The van der Waals surface area contributed by atoms with E-state index < -0.39 is 0 Å². The van der Waals surface area contributed by atoms with Crippen LogP contribution in [0.3, 0.4) is 0 Å². The van der Waals surface area contributed by atoms with Crippen molar-refractivity contribution in [3.63, 3.8) is 0 Å². The lowest BCUT2D eigenvalue weighted by atomic mass is 10.7. The molecule has 0 bridgehead atoms. The van der Waals surface area contributed by atoms with Crippen molar-refractivity contribution in [2.75, 3.05) is 5.43 Å². The molecular weight excluding hydrogens is 128 g/mol. The average molecular weight is 140 g/mol. The minimum Gasteiger partial charge on any atom is -0.307 e. The normalized spacial score (nSPS) is 7.50. The van der Waals surface area contributed by atoms with E-state index in [0.717, 1.165) is 0 Å². The second-order valence-electron chi connectivity index (χ2n) is 1.23. The van der Waals surface area contributed by atoms with Gasteiger partial charge in [0.2, 0.25) is 0 Å². The van der Waals surface area contributed by atoms with Crippen molar-refractivity contribution in [3.05, 3.63) is 18.6 Å². The first-order valence-corrected chi connectivity index (χ1v) is 3.16. The van der Waals surface area contributed by atoms with E-state index in [2.05, 4.69) is 15.4 Å². The minimum atomic E-state index is 0.576. The molecule has 0 radical (unpaired) electrons. The van der Waals surface area contributed by atoms with Crippen molar-refractivity contribution in [2.24, 2.45) is 5.84 Å². The topological polar surface area (TPSA) is 63.8 Å². The molecule has 3 N–H and O–H groups in total. The van der Waals surface area contributed by atoms with Crippen LogP contribution in [-0.4, -0.2) is 9.97 Å². The molecule has 0 aliphatic carbocycles. The maximum absolute atomic E-state index is 5.00. The summed E-state index contributed by atoms with van der Waals surface area (Å²) in [4.78, 5) is 7.55. The Bertz CT molecular complexity index is 151. The van der Waals surface area contributed by atoms with Crippen molar-refractivity contribution in [2.45, 2.75) is 13.8 Å². The highest BCUT2D eigenvalue weighted by atomic mass is 15.2. The van der Waals surface area contributed by atoms with E-state index in [1.54, 1.807) is 18.6 Å². The van der Waals surface area contributed by atoms with E-state index in [0.29, 0.717) is 5.82 Å². The molecule has 0 aliphatic rings. The zero-order valence-corrected chi connectivity index (χ0v) is 6.20. The molecule has 1 aromatic heterocycles. The largest absolute Gasteiger partial charge is 0.307 e. The summed E-state index contributed by atoms with van der Waals surface area (Å²) >= 11 is 0. The fraction of sp³-hybridized carbons (Fsp3) is 0.333. The monoisotopic (exact) mass is 140 g/mol. The van der Waals surface area contributed by atoms with Crippen molar-refractivity contribution in [1.29, 1.82) is 0 Å². The molecular formula is C6H12N4. The predicted molar refractivity (Wildman–Crippen MR) is 41.2 cm³/mol. The molecule has 1 rings (SSSR count). The van der Waals surface area contributed by atoms with Crippen LogP contribution < -0.4 is 11.3 Å². The Morgan fingerprint density at radius 2 is 2.10 bits per heavy atom. The van der Waals surface area contributed by atoms with Crippen LogP contribution in [0.5, 0.6) is 0 Å². The van der Waals surface area contributed by atoms with Crippen LogP contribution in [0.4, 0.5) is 5.82 Å². The van der Waals surface area contributed by atoms with Crippen molar-refractivity contribution in [1.82, 2.24) is 9.97 Å². The number of nitrogens with one attached hydrogen (secondary N) is 1. The molecule has 10 heavy (non-hydrogen) atoms. The van der Waals surface area contributed by atoms with E-state index in [9.17, 15) is 0 Å². The predicted octanol–water partition coefficient (Wildman–Crippen LogP) is 0.788. The maximum Gasteiger partial charge on any atom is 0.158 e. The molecule has 0 saturated carbocycles. The highest BCUT2D eigenvalue weighted by molar-refractivity contribution is 5.26. The molecule has 0 unspecified atom stereocenters. The van der Waals surface area contributed by atoms with Gasteiger partial charge in [0, 0.05) is 12.4 Å². The number of nitrogens with two attached hydrogens (primary N) is 1. The average Bonchev–Trinajstić information content (AvgIpc) is 2.10. The number of nitrogens with zero attached hydrogens (tertiary/aromatic N) is 2. The van der Waals surface area contributed by atoms with Gasteiger partial charge in [-0.05, 0) is 0 Å². The molecule has 0 fully saturated rings. The molecule has 4 nitrogen and oxygen atoms in total. The SMILES string of the molecule is CC.NNc1cnccn1. The number of rotatable bonds is 1. The highest BCUT2D eigenvalue weighted by Gasteiger charge is 1.81. The number of hydrogen-bond donors (Lipinski definition) is 2. The smallest absolute Gasteiger partial charge is 0.158 e. The summed E-state index contributed by atoms with van der Waals surface area (Å²) in [6.07, 6.45) is 4.69. The summed E-state index contributed by atoms with van der Waals surface area (Å²) in [5, 5.41) is 0. The number of aromatic nitrogens is 2. The van der Waals surface area contributed by atoms with Gasteiger partial charge in [0.05, 0.1) is 6.20 Å². The zero-order chi connectivity index (χ0) is 7.82. The minimum absolute atomic E-state index is 0.576. The number of hydrazine groups is 1. The lowest BCUT2D eigenvalue weighted by Gasteiger charge is -1.92. The van der Waals surface area contributed by atoms with Gasteiger partial charge in [0.1, 0.15) is 0 Å². The van der Waals surface area contributed by atoms with Crippen LogP contribution in [0.2, 0.25) is 0 Å². The van der Waals surface area contributed by atoms with Crippen LogP contribution >= 0.6 is 0 Å². The lowest BCUT2D eigenvalue weighted by Crippen LogP contribution is -2.07. The van der Waals surface area contributed by atoms with Gasteiger partial charge in [0.15, 0.2) is 5.82 Å². The molecule has 1 heterocycles. The van der Waals surface area contributed by atoms with E-state index >= 15 is 0 Å². The van der Waals surface area contributed by atoms with Crippen molar-refractivity contribution in [3.8, 4) is 0 Å². The van der Waals surface area contributed by atoms with Gasteiger partial charge < -0.3 is 5.43 Å². The Balaban J connectivity index is 0.000000371. The van der Waals surface area contributed by atoms with Crippen LogP contribution in [0, 0.1) is 0 Å². The van der Waals surface area contributed by atoms with Crippen molar-refractivity contribution < 1.29 is 0 Å². The van der Waals surface area contributed by atoms with Gasteiger partial charge >= 0.3 is 0 Å². The Morgan fingerprint density at radius 3 is 2.40 bits per heavy atom. The highest BCUT2D eigenvalue weighted by Crippen LogP contribution is 1.90. The van der Waals surface area contributed by atoms with Gasteiger partial charge in [-0.3, -0.25) is 4.98 Å². The molecule has 0 spiro atoms. The van der Waals surface area contributed by atoms with Crippen LogP contribution in [-0.2, 0) is 0 Å². The lowest BCUT2D eigenvalue weighted by molar-refractivity contribution is 1.16. The van der Waals surface area contributed by atoms with Gasteiger partial charge in [-0.1, -0.05) is 13.8 Å². The Morgan fingerprint density at radius 1 is 1.40 bits per heavy atom. The van der Waals surface area contributed by atoms with Crippen LogP contribution in [0.1, 0.15) is 13.8 Å². The first-order valence-electron chi connectivity index (χ1n) is 3.16. The number of nitrogen functional groups attached to an aromatic ring is 1. The number of anilines is 1. The molecule has 0 aliphatic heterocycles. The third-order valence-electron chi connectivity index (χ3n) is 0.711. The maximum atomic E-state index is 5.00. The molecule has 0 aromatic carbocycles. The summed E-state index contributed by atoms with van der Waals surface area (Å²) in [5.74, 6) is 5.57. The zero-order valence-electron chi connectivity index (χ0n) is 6.20. The second kappa shape index (κ2) is 5.97. The summed E-state index contributed by atoms with van der Waals surface area (Å²) in [6, 6.07) is 0. The molecule has 0 saturated heterocycles. The van der Waals surface area contributed by atoms with Gasteiger partial charge in [0.25, 0.3) is 0 Å². The quantitative estimate of drug-likeness (QED) is 0.447. The third kappa shape index (κ3) is 2.99. The van der Waals surface area contributed by atoms with Crippen molar-refractivity contribution >= 4 is 5.82 Å². The summed E-state index contributed by atoms with van der Waals surface area (Å²) in [5.41, 5.74) is 2.35. The fourth-order valence-electron chi connectivity index (χ4n) is 0.374. The molecule has 56 valence electrons. The van der Waals surface area contributed by atoms with E-state index in [-0.39, 0.29) is 0 Å². The Hall–Kier alpha value is -1.16. The molecule has 1 aromatic rings. The third-order valence-corrected chi connectivity index (χ3v) is 0.711. The Kier molecular flexibility index (Phi) is 5.28. The van der Waals surface area contributed by atoms with E-state index in [1.807, 2.05) is 13.8 Å². The molecule has 0 amide bonds. The summed E-state index contributed by atoms with van der Waals surface area (Å²) < 4.78 is 0. The van der Waals surface area contributed by atoms with E-state index in [1.165, 1.54) is 0 Å². The standard InChI is InChI=1S/C4H6N4.C2H6/c5-8-4-3-6-1-2-7-4;1-2/h1-3H,5H2,(H,7,8);1-2H3. The van der Waals surface area contributed by atoms with Gasteiger partial charge in [-0.25, -0.2) is 10.8 Å². The van der Waals surface area contributed by atoms with Gasteiger partial charge in [-0.2, -0.15) is 0 Å². The van der Waals surface area contributed by atoms with Crippen LogP contribution in [0.15, 0.2) is 18.6 Å². The number of hydrogen-bond acceptors (Lipinski definition) is 4. The molecule has 4 heteroatoms.